The van der Waals surface area contributed by atoms with E-state index in [-0.39, 0.29) is 28.1 Å². The molecule has 1 fully saturated rings. The minimum atomic E-state index is -2.91. The highest BCUT2D eigenvalue weighted by atomic mass is 35.5. The molecule has 45 heavy (non-hydrogen) atoms. The molecule has 2 heterocycles. The normalized spacial score (nSPS) is 35.7. The van der Waals surface area contributed by atoms with Crippen LogP contribution in [0.5, 0.6) is 5.75 Å². The molecule has 7 atom stereocenters. The number of amides is 1. The number of carbonyl (C=O) groups excluding carboxylic acids is 1. The lowest BCUT2D eigenvalue weighted by atomic mass is 9.62. The van der Waals surface area contributed by atoms with Gasteiger partial charge in [0.25, 0.3) is 5.91 Å². The van der Waals surface area contributed by atoms with E-state index in [0.29, 0.717) is 24.0 Å². The Morgan fingerprint density at radius 3 is 2.76 bits per heavy atom. The summed E-state index contributed by atoms with van der Waals surface area (Å²) in [5, 5.41) is 0.464. The number of methoxy groups -OCH3 is 1. The maximum atomic E-state index is 13.8. The molecule has 0 aromatic heterocycles. The molecule has 8 heteroatoms. The Balaban J connectivity index is 1.46. The van der Waals surface area contributed by atoms with Gasteiger partial charge in [0.05, 0.1) is 27.6 Å². The summed E-state index contributed by atoms with van der Waals surface area (Å²) in [6.45, 7) is 8.43. The number of carbonyl (C=O) groups is 1. The topological polar surface area (TPSA) is 67.9 Å². The number of nitrogens with one attached hydrogen (secondary N) is 1. The van der Waals surface area contributed by atoms with Gasteiger partial charge in [-0.1, -0.05) is 50.1 Å². The fraction of sp³-hybridized carbons (Fsp3) is 0.568. The molecule has 244 valence electrons. The molecule has 1 amide bonds. The summed E-state index contributed by atoms with van der Waals surface area (Å²) in [6.07, 6.45) is 12.6. The summed E-state index contributed by atoms with van der Waals surface area (Å²) < 4.78 is 29.8. The highest BCUT2D eigenvalue weighted by Gasteiger charge is 2.48. The van der Waals surface area contributed by atoms with Gasteiger partial charge < -0.3 is 14.4 Å². The summed E-state index contributed by atoms with van der Waals surface area (Å²) in [4.78, 5) is 16.1. The van der Waals surface area contributed by atoms with Crippen LogP contribution in [0.4, 0.5) is 5.69 Å². The average molecular weight is 653 g/mol. The predicted molar refractivity (Wildman–Crippen MR) is 186 cm³/mol. The zero-order chi connectivity index (χ0) is 32.0. The standard InChI is InChI=1S/C37H49ClN2O4S/c1-6-17-37(43-4)19-7-9-25(2)26(3)45(5,42)39-35(41)28-12-16-34-33(21-28)40(22-29-11-14-32(29)37)23-36(24-44-34)18-8-10-27-20-30(38)13-15-31(27)36/h7,12-13,15-16,19-21,25-26,29,32H,5-6,8-11,14,17-18,22-24H2,1-4H3,(H,39,41,42)/b19-7+/t25-,26+,29-,32+,36-,37+,45?/m0/s1. The third-order valence-corrected chi connectivity index (χ3v) is 13.8. The second-order valence-electron chi connectivity index (χ2n) is 14.1. The first kappa shape index (κ1) is 32.5. The average Bonchev–Trinajstić information content (AvgIpc) is 3.15. The maximum Gasteiger partial charge on any atom is 0.262 e. The first-order valence-electron chi connectivity index (χ1n) is 16.7. The number of hydrogen-bond acceptors (Lipinski definition) is 5. The zero-order valence-corrected chi connectivity index (χ0v) is 28.9. The fourth-order valence-corrected chi connectivity index (χ4v) is 10.1. The molecule has 1 N–H and O–H groups in total. The van der Waals surface area contributed by atoms with Crippen molar-refractivity contribution in [2.24, 2.45) is 17.8 Å². The third-order valence-electron chi connectivity index (χ3n) is 11.4. The summed E-state index contributed by atoms with van der Waals surface area (Å²) in [7, 11) is -1.05. The Morgan fingerprint density at radius 2 is 2.02 bits per heavy atom. The van der Waals surface area contributed by atoms with Gasteiger partial charge in [0.1, 0.15) is 5.75 Å². The van der Waals surface area contributed by atoms with Crippen molar-refractivity contribution in [3.63, 3.8) is 0 Å². The molecule has 1 spiro atoms. The number of anilines is 1. The molecule has 2 aromatic carbocycles. The molecular formula is C37H49ClN2O4S. The highest BCUT2D eigenvalue weighted by Crippen LogP contribution is 2.50. The molecule has 2 aliphatic heterocycles. The summed E-state index contributed by atoms with van der Waals surface area (Å²) in [5.41, 5.74) is 3.47. The number of ether oxygens (including phenoxy) is 2. The minimum absolute atomic E-state index is 0.0632. The van der Waals surface area contributed by atoms with Gasteiger partial charge in [0, 0.05) is 41.5 Å². The quantitative estimate of drug-likeness (QED) is 0.277. The number of rotatable bonds is 3. The second kappa shape index (κ2) is 12.6. The predicted octanol–water partition coefficient (Wildman–Crippen LogP) is 7.37. The minimum Gasteiger partial charge on any atom is -0.490 e. The van der Waals surface area contributed by atoms with Crippen molar-refractivity contribution in [2.45, 2.75) is 88.4 Å². The molecule has 2 aliphatic carbocycles. The maximum absolute atomic E-state index is 13.8. The Labute approximate surface area is 275 Å². The molecule has 1 unspecified atom stereocenters. The number of nitrogens with zero attached hydrogens (tertiary/aromatic N) is 1. The van der Waals surface area contributed by atoms with Crippen LogP contribution >= 0.6 is 11.6 Å². The SMILES string of the molecule is C=S1(=O)NC(=O)c2ccc3c(c2)N(C[C@@H]2CC[C@H]2[C@](CCC)(OC)/C=C/C[C@H](C)[C@H]1C)C[C@@]1(CCCc2cc(Cl)ccc21)CO3. The Bertz CT molecular complexity index is 1570. The van der Waals surface area contributed by atoms with Gasteiger partial charge in [0.15, 0.2) is 0 Å². The summed E-state index contributed by atoms with van der Waals surface area (Å²) in [6, 6.07) is 12.0. The molecule has 0 radical (unpaired) electrons. The summed E-state index contributed by atoms with van der Waals surface area (Å²) >= 11 is 6.46. The smallest absolute Gasteiger partial charge is 0.262 e. The molecule has 6 nitrogen and oxygen atoms in total. The van der Waals surface area contributed by atoms with Crippen molar-refractivity contribution in [3.05, 3.63) is 70.3 Å². The Hall–Kier alpha value is -2.48. The number of halogens is 1. The van der Waals surface area contributed by atoms with Gasteiger partial charge in [-0.25, -0.2) is 4.21 Å². The van der Waals surface area contributed by atoms with Crippen LogP contribution in [0.25, 0.3) is 0 Å². The van der Waals surface area contributed by atoms with E-state index in [1.807, 2.05) is 32.2 Å². The van der Waals surface area contributed by atoms with Crippen molar-refractivity contribution < 1.29 is 18.5 Å². The van der Waals surface area contributed by atoms with E-state index in [4.69, 9.17) is 21.1 Å². The van der Waals surface area contributed by atoms with Crippen molar-refractivity contribution >= 4 is 38.8 Å². The number of allylic oxidation sites excluding steroid dienone is 1. The van der Waals surface area contributed by atoms with E-state index in [1.54, 1.807) is 6.07 Å². The molecule has 4 aliphatic rings. The highest BCUT2D eigenvalue weighted by molar-refractivity contribution is 7.99. The van der Waals surface area contributed by atoms with E-state index in [2.05, 4.69) is 53.6 Å². The van der Waals surface area contributed by atoms with Crippen LogP contribution in [0.15, 0.2) is 48.6 Å². The van der Waals surface area contributed by atoms with Crippen molar-refractivity contribution in [1.82, 2.24) is 4.72 Å². The largest absolute Gasteiger partial charge is 0.490 e. The lowest BCUT2D eigenvalue weighted by Crippen LogP contribution is -2.53. The van der Waals surface area contributed by atoms with E-state index in [9.17, 15) is 9.00 Å². The zero-order valence-electron chi connectivity index (χ0n) is 27.3. The number of benzene rings is 2. The van der Waals surface area contributed by atoms with Crippen LogP contribution < -0.4 is 14.4 Å². The van der Waals surface area contributed by atoms with E-state index in [1.165, 1.54) is 11.1 Å². The first-order valence-corrected chi connectivity index (χ1v) is 18.9. The van der Waals surface area contributed by atoms with E-state index in [0.717, 1.165) is 80.9 Å². The third kappa shape index (κ3) is 6.05. The van der Waals surface area contributed by atoms with Crippen LogP contribution in [0.2, 0.25) is 5.02 Å². The fourth-order valence-electron chi connectivity index (χ4n) is 8.43. The molecule has 0 saturated heterocycles. The monoisotopic (exact) mass is 652 g/mol. The Morgan fingerprint density at radius 1 is 1.20 bits per heavy atom. The second-order valence-corrected chi connectivity index (χ2v) is 17.0. The van der Waals surface area contributed by atoms with Crippen LogP contribution in [-0.4, -0.2) is 53.6 Å². The van der Waals surface area contributed by atoms with Crippen LogP contribution in [0, 0.1) is 17.8 Å². The van der Waals surface area contributed by atoms with Crippen LogP contribution in [0.1, 0.15) is 87.2 Å². The van der Waals surface area contributed by atoms with Gasteiger partial charge >= 0.3 is 0 Å². The van der Waals surface area contributed by atoms with Gasteiger partial charge in [-0.15, -0.1) is 0 Å². The molecular weight excluding hydrogens is 604 g/mol. The van der Waals surface area contributed by atoms with E-state index < -0.39 is 9.71 Å². The lowest BCUT2D eigenvalue weighted by molar-refractivity contribution is -0.0803. The first-order chi connectivity index (χ1) is 21.5. The van der Waals surface area contributed by atoms with Crippen LogP contribution in [-0.2, 0) is 26.3 Å². The number of fused-ring (bicyclic) bond motifs is 4. The Kier molecular flexibility index (Phi) is 9.10. The molecule has 2 aromatic rings. The van der Waals surface area contributed by atoms with Crippen molar-refractivity contribution in [1.29, 1.82) is 0 Å². The van der Waals surface area contributed by atoms with Gasteiger partial charge in [-0.2, -0.15) is 0 Å². The molecule has 1 saturated carbocycles. The summed E-state index contributed by atoms with van der Waals surface area (Å²) in [5.74, 6) is 5.31. The van der Waals surface area contributed by atoms with Crippen molar-refractivity contribution in [2.75, 3.05) is 31.7 Å². The number of aryl methyl sites for hydroxylation is 1. The number of hydrogen-bond donors (Lipinski definition) is 1. The van der Waals surface area contributed by atoms with Gasteiger partial charge in [0.2, 0.25) is 0 Å². The van der Waals surface area contributed by atoms with E-state index >= 15 is 0 Å². The van der Waals surface area contributed by atoms with Gasteiger partial charge in [-0.3, -0.25) is 9.52 Å². The molecule has 6 rings (SSSR count). The molecule has 2 bridgehead atoms. The van der Waals surface area contributed by atoms with Crippen molar-refractivity contribution in [3.8, 4) is 5.75 Å². The van der Waals surface area contributed by atoms with Gasteiger partial charge in [-0.05, 0) is 117 Å². The van der Waals surface area contributed by atoms with Crippen LogP contribution in [0.3, 0.4) is 0 Å². The lowest BCUT2D eigenvalue weighted by Gasteiger charge is -2.50.